The van der Waals surface area contributed by atoms with Gasteiger partial charge in [-0.05, 0) is 48.9 Å². The summed E-state index contributed by atoms with van der Waals surface area (Å²) >= 11 is 0. The van der Waals surface area contributed by atoms with Crippen LogP contribution >= 0.6 is 0 Å². The van der Waals surface area contributed by atoms with Crippen molar-refractivity contribution in [3.63, 3.8) is 0 Å². The van der Waals surface area contributed by atoms with E-state index in [4.69, 9.17) is 0 Å². The number of carbonyl (C=O) groups is 2. The van der Waals surface area contributed by atoms with E-state index in [1.54, 1.807) is 24.1 Å². The van der Waals surface area contributed by atoms with Crippen molar-refractivity contribution in [1.82, 2.24) is 10.2 Å². The van der Waals surface area contributed by atoms with Crippen LogP contribution in [0.2, 0.25) is 0 Å². The monoisotopic (exact) mass is 487 g/mol. The minimum atomic E-state index is -3.50. The molecule has 0 aliphatic rings. The van der Waals surface area contributed by atoms with Gasteiger partial charge in [-0.15, -0.1) is 0 Å². The Bertz CT molecular complexity index is 1020. The van der Waals surface area contributed by atoms with E-state index in [1.165, 1.54) is 10.6 Å². The Kier molecular flexibility index (Phi) is 10.6. The maximum atomic E-state index is 13.2. The summed E-state index contributed by atoms with van der Waals surface area (Å²) in [5, 5.41) is 2.65. The summed E-state index contributed by atoms with van der Waals surface area (Å²) in [6, 6.07) is 16.7. The first kappa shape index (κ1) is 27.4. The zero-order valence-corrected chi connectivity index (χ0v) is 21.5. The average molecular weight is 488 g/mol. The lowest BCUT2D eigenvalue weighted by Crippen LogP contribution is -2.49. The second kappa shape index (κ2) is 13.1. The molecule has 0 saturated carbocycles. The maximum absolute atomic E-state index is 13.2. The molecule has 1 N–H and O–H groups in total. The lowest BCUT2D eigenvalue weighted by molar-refractivity contribution is -0.140. The SMILES string of the molecule is CCc1ccc(N(CCCC(=O)N(CCc2ccccc2)C(CC)C(=O)NC)S(C)(=O)=O)cc1. The third kappa shape index (κ3) is 7.87. The second-order valence-corrected chi connectivity index (χ2v) is 10.2. The molecular formula is C26H37N3O4S. The van der Waals surface area contributed by atoms with E-state index in [2.05, 4.69) is 5.32 Å². The third-order valence-corrected chi connectivity index (χ3v) is 7.10. The summed E-state index contributed by atoms with van der Waals surface area (Å²) < 4.78 is 26.2. The fourth-order valence-corrected chi connectivity index (χ4v) is 4.93. The van der Waals surface area contributed by atoms with Crippen molar-refractivity contribution >= 4 is 27.5 Å². The van der Waals surface area contributed by atoms with E-state index in [-0.39, 0.29) is 24.8 Å². The molecule has 1 unspecified atom stereocenters. The molecule has 34 heavy (non-hydrogen) atoms. The van der Waals surface area contributed by atoms with Crippen molar-refractivity contribution < 1.29 is 18.0 Å². The Morgan fingerprint density at radius 2 is 1.59 bits per heavy atom. The molecule has 0 spiro atoms. The van der Waals surface area contributed by atoms with Crippen molar-refractivity contribution in [1.29, 1.82) is 0 Å². The third-order valence-electron chi connectivity index (χ3n) is 5.90. The number of carbonyl (C=O) groups excluding carboxylic acids is 2. The highest BCUT2D eigenvalue weighted by molar-refractivity contribution is 7.92. The van der Waals surface area contributed by atoms with Gasteiger partial charge in [0, 0.05) is 26.6 Å². The molecule has 186 valence electrons. The molecule has 0 bridgehead atoms. The van der Waals surface area contributed by atoms with Crippen LogP contribution in [0.1, 0.15) is 44.2 Å². The number of hydrogen-bond donors (Lipinski definition) is 1. The number of amides is 2. The molecule has 0 aliphatic carbocycles. The Hall–Kier alpha value is -2.87. The van der Waals surface area contributed by atoms with Gasteiger partial charge in [0.2, 0.25) is 21.8 Å². The second-order valence-electron chi connectivity index (χ2n) is 8.32. The standard InChI is InChI=1S/C26H37N3O4S/c1-5-21-14-16-23(17-15-21)29(34(4,32)33)19-10-13-25(30)28(24(6-2)26(31)27-3)20-18-22-11-8-7-9-12-22/h7-9,11-12,14-17,24H,5-6,10,13,18-20H2,1-4H3,(H,27,31). The molecule has 2 amide bonds. The van der Waals surface area contributed by atoms with Gasteiger partial charge in [0.15, 0.2) is 0 Å². The smallest absolute Gasteiger partial charge is 0.242 e. The van der Waals surface area contributed by atoms with E-state index in [9.17, 15) is 18.0 Å². The molecule has 0 aromatic heterocycles. The Morgan fingerprint density at radius 3 is 2.12 bits per heavy atom. The number of rotatable bonds is 13. The van der Waals surface area contributed by atoms with Crippen LogP contribution in [0.25, 0.3) is 0 Å². The van der Waals surface area contributed by atoms with E-state index in [0.717, 1.165) is 17.5 Å². The van der Waals surface area contributed by atoms with Gasteiger partial charge >= 0.3 is 0 Å². The first-order valence-electron chi connectivity index (χ1n) is 11.8. The van der Waals surface area contributed by atoms with Crippen molar-refractivity contribution in [3.8, 4) is 0 Å². The van der Waals surface area contributed by atoms with E-state index >= 15 is 0 Å². The first-order valence-corrected chi connectivity index (χ1v) is 13.7. The van der Waals surface area contributed by atoms with Crippen molar-refractivity contribution in [2.24, 2.45) is 0 Å². The predicted octanol–water partition coefficient (Wildman–Crippen LogP) is 3.39. The van der Waals surface area contributed by atoms with Crippen LogP contribution in [-0.2, 0) is 32.5 Å². The van der Waals surface area contributed by atoms with Crippen molar-refractivity contribution in [2.75, 3.05) is 30.7 Å². The topological polar surface area (TPSA) is 86.8 Å². The van der Waals surface area contributed by atoms with Crippen molar-refractivity contribution in [2.45, 2.75) is 52.0 Å². The van der Waals surface area contributed by atoms with E-state index in [0.29, 0.717) is 31.5 Å². The van der Waals surface area contributed by atoms with Crippen LogP contribution in [0.15, 0.2) is 54.6 Å². The molecule has 2 aromatic carbocycles. The predicted molar refractivity (Wildman–Crippen MR) is 137 cm³/mol. The molecule has 2 rings (SSSR count). The largest absolute Gasteiger partial charge is 0.357 e. The molecule has 0 heterocycles. The summed E-state index contributed by atoms with van der Waals surface area (Å²) in [6.07, 6.45) is 3.69. The van der Waals surface area contributed by atoms with Gasteiger partial charge in [-0.2, -0.15) is 0 Å². The summed E-state index contributed by atoms with van der Waals surface area (Å²) in [7, 11) is -1.93. The Balaban J connectivity index is 2.11. The number of nitrogens with one attached hydrogen (secondary N) is 1. The van der Waals surface area contributed by atoms with Gasteiger partial charge in [0.1, 0.15) is 6.04 Å². The highest BCUT2D eigenvalue weighted by Crippen LogP contribution is 2.20. The molecule has 0 fully saturated rings. The minimum Gasteiger partial charge on any atom is -0.357 e. The zero-order chi connectivity index (χ0) is 25.1. The Labute approximate surface area is 204 Å². The molecule has 0 aliphatic heterocycles. The fourth-order valence-electron chi connectivity index (χ4n) is 3.96. The van der Waals surface area contributed by atoms with Crippen LogP contribution in [0, 0.1) is 0 Å². The minimum absolute atomic E-state index is 0.152. The number of sulfonamides is 1. The van der Waals surface area contributed by atoms with Crippen molar-refractivity contribution in [3.05, 3.63) is 65.7 Å². The molecule has 2 aromatic rings. The summed E-state index contributed by atoms with van der Waals surface area (Å²) in [6.45, 7) is 4.54. The Morgan fingerprint density at radius 1 is 0.941 bits per heavy atom. The highest BCUT2D eigenvalue weighted by atomic mass is 32.2. The van der Waals surface area contributed by atoms with Crippen LogP contribution in [0.5, 0.6) is 0 Å². The normalized spacial score (nSPS) is 12.1. The summed E-state index contributed by atoms with van der Waals surface area (Å²) in [5.41, 5.74) is 2.80. The fraction of sp³-hybridized carbons (Fsp3) is 0.462. The van der Waals surface area contributed by atoms with Crippen LogP contribution in [0.3, 0.4) is 0 Å². The molecule has 0 radical (unpaired) electrons. The highest BCUT2D eigenvalue weighted by Gasteiger charge is 2.27. The maximum Gasteiger partial charge on any atom is 0.242 e. The number of nitrogens with zero attached hydrogens (tertiary/aromatic N) is 2. The average Bonchev–Trinajstić information content (AvgIpc) is 2.83. The van der Waals surface area contributed by atoms with Crippen LogP contribution < -0.4 is 9.62 Å². The first-order chi connectivity index (χ1) is 16.2. The molecule has 0 saturated heterocycles. The summed E-state index contributed by atoms with van der Waals surface area (Å²) in [4.78, 5) is 27.3. The van der Waals surface area contributed by atoms with E-state index in [1.807, 2.05) is 56.3 Å². The van der Waals surface area contributed by atoms with Crippen LogP contribution in [0.4, 0.5) is 5.69 Å². The number of likely N-dealkylation sites (N-methyl/N-ethyl adjacent to an activating group) is 1. The number of benzene rings is 2. The van der Waals surface area contributed by atoms with Gasteiger partial charge in [-0.1, -0.05) is 56.3 Å². The zero-order valence-electron chi connectivity index (χ0n) is 20.7. The quantitative estimate of drug-likeness (QED) is 0.469. The lowest BCUT2D eigenvalue weighted by atomic mass is 10.1. The number of hydrogen-bond acceptors (Lipinski definition) is 4. The summed E-state index contributed by atoms with van der Waals surface area (Å²) in [5.74, 6) is -0.348. The van der Waals surface area contributed by atoms with Gasteiger partial charge in [0.05, 0.1) is 11.9 Å². The molecular weight excluding hydrogens is 450 g/mol. The van der Waals surface area contributed by atoms with Gasteiger partial charge in [0.25, 0.3) is 0 Å². The molecule has 1 atom stereocenters. The number of aryl methyl sites for hydroxylation is 1. The van der Waals surface area contributed by atoms with E-state index < -0.39 is 16.1 Å². The lowest BCUT2D eigenvalue weighted by Gasteiger charge is -2.30. The number of anilines is 1. The van der Waals surface area contributed by atoms with Crippen LogP contribution in [-0.4, -0.2) is 57.6 Å². The van der Waals surface area contributed by atoms with Gasteiger partial charge in [-0.3, -0.25) is 13.9 Å². The van der Waals surface area contributed by atoms with Gasteiger partial charge in [-0.25, -0.2) is 8.42 Å². The molecule has 7 nitrogen and oxygen atoms in total. The molecule has 8 heteroatoms. The van der Waals surface area contributed by atoms with Gasteiger partial charge < -0.3 is 10.2 Å².